The Hall–Kier alpha value is -1.91. The van der Waals surface area contributed by atoms with Gasteiger partial charge in [0.2, 0.25) is 0 Å². The monoisotopic (exact) mass is 316 g/mol. The molecule has 1 aromatic heterocycles. The molecule has 0 saturated carbocycles. The van der Waals surface area contributed by atoms with Crippen molar-refractivity contribution >= 4 is 17.5 Å². The molecular formula is C17H17ClN2O2. The van der Waals surface area contributed by atoms with Crippen molar-refractivity contribution in [2.75, 3.05) is 13.2 Å². The van der Waals surface area contributed by atoms with Gasteiger partial charge in [0.15, 0.2) is 0 Å². The summed E-state index contributed by atoms with van der Waals surface area (Å²) in [4.78, 5) is 16.4. The van der Waals surface area contributed by atoms with Crippen LogP contribution in [0.1, 0.15) is 23.2 Å². The van der Waals surface area contributed by atoms with Crippen LogP contribution in [-0.4, -0.2) is 30.1 Å². The predicted octanol–water partition coefficient (Wildman–Crippen LogP) is 3.31. The molecule has 0 aliphatic carbocycles. The Bertz CT molecular complexity index is 652. The van der Waals surface area contributed by atoms with Gasteiger partial charge < -0.3 is 10.1 Å². The van der Waals surface area contributed by atoms with Gasteiger partial charge in [0, 0.05) is 30.5 Å². The molecule has 1 amide bonds. The first kappa shape index (κ1) is 15.0. The maximum absolute atomic E-state index is 12.1. The Kier molecular flexibility index (Phi) is 4.71. The highest BCUT2D eigenvalue weighted by Crippen LogP contribution is 2.25. The number of nitrogens with zero attached hydrogens (tertiary/aromatic N) is 1. The highest BCUT2D eigenvalue weighted by molar-refractivity contribution is 6.33. The summed E-state index contributed by atoms with van der Waals surface area (Å²) in [6.07, 6.45) is 3.93. The third-order valence-corrected chi connectivity index (χ3v) is 4.00. The number of pyridine rings is 1. The smallest absolute Gasteiger partial charge is 0.251 e. The summed E-state index contributed by atoms with van der Waals surface area (Å²) in [6, 6.07) is 10.9. The van der Waals surface area contributed by atoms with E-state index in [4.69, 9.17) is 16.3 Å². The van der Waals surface area contributed by atoms with Crippen LogP contribution in [0.2, 0.25) is 5.02 Å². The molecule has 1 atom stereocenters. The third-order valence-electron chi connectivity index (χ3n) is 3.69. The summed E-state index contributed by atoms with van der Waals surface area (Å²) in [5.41, 5.74) is 2.23. The zero-order valence-corrected chi connectivity index (χ0v) is 12.8. The SMILES string of the molecule is O=C(NCC1CCCO1)c1ccc(-c2ncccc2Cl)cc1. The van der Waals surface area contributed by atoms with Crippen LogP contribution >= 0.6 is 11.6 Å². The number of ether oxygens (including phenoxy) is 1. The third kappa shape index (κ3) is 3.46. The van der Waals surface area contributed by atoms with Crippen molar-refractivity contribution in [1.82, 2.24) is 10.3 Å². The van der Waals surface area contributed by atoms with E-state index in [0.717, 1.165) is 30.7 Å². The summed E-state index contributed by atoms with van der Waals surface area (Å²) in [5.74, 6) is -0.0887. The lowest BCUT2D eigenvalue weighted by atomic mass is 10.1. The van der Waals surface area contributed by atoms with E-state index in [1.54, 1.807) is 30.5 Å². The lowest BCUT2D eigenvalue weighted by Crippen LogP contribution is -2.31. The molecule has 114 valence electrons. The molecular weight excluding hydrogens is 300 g/mol. The number of hydrogen-bond donors (Lipinski definition) is 1. The van der Waals surface area contributed by atoms with Crippen LogP contribution in [0.5, 0.6) is 0 Å². The van der Waals surface area contributed by atoms with Gasteiger partial charge in [0.05, 0.1) is 16.8 Å². The number of amides is 1. The van der Waals surface area contributed by atoms with Crippen LogP contribution in [0.3, 0.4) is 0 Å². The number of carbonyl (C=O) groups is 1. The van der Waals surface area contributed by atoms with E-state index in [2.05, 4.69) is 10.3 Å². The van der Waals surface area contributed by atoms with Gasteiger partial charge in [-0.15, -0.1) is 0 Å². The van der Waals surface area contributed by atoms with Crippen molar-refractivity contribution in [3.63, 3.8) is 0 Å². The Balaban J connectivity index is 1.66. The zero-order valence-electron chi connectivity index (χ0n) is 12.1. The minimum absolute atomic E-state index is 0.0887. The topological polar surface area (TPSA) is 51.2 Å². The molecule has 1 aromatic carbocycles. The standard InChI is InChI=1S/C17H17ClN2O2/c18-15-4-1-9-19-16(15)12-5-7-13(8-6-12)17(21)20-11-14-3-2-10-22-14/h1,4-9,14H,2-3,10-11H2,(H,20,21). The quantitative estimate of drug-likeness (QED) is 0.941. The molecule has 2 aromatic rings. The van der Waals surface area contributed by atoms with Crippen LogP contribution < -0.4 is 5.32 Å². The molecule has 1 N–H and O–H groups in total. The van der Waals surface area contributed by atoms with Crippen LogP contribution in [0, 0.1) is 0 Å². The van der Waals surface area contributed by atoms with Crippen molar-refractivity contribution < 1.29 is 9.53 Å². The fraction of sp³-hybridized carbons (Fsp3) is 0.294. The second-order valence-electron chi connectivity index (χ2n) is 5.26. The number of rotatable bonds is 4. The second kappa shape index (κ2) is 6.90. The summed E-state index contributed by atoms with van der Waals surface area (Å²) < 4.78 is 5.49. The number of halogens is 1. The first-order chi connectivity index (χ1) is 10.7. The molecule has 1 fully saturated rings. The van der Waals surface area contributed by atoms with Gasteiger partial charge in [-0.05, 0) is 37.1 Å². The summed E-state index contributed by atoms with van der Waals surface area (Å²) in [6.45, 7) is 1.35. The number of benzene rings is 1. The first-order valence-corrected chi connectivity index (χ1v) is 7.72. The molecule has 1 aliphatic heterocycles. The van der Waals surface area contributed by atoms with Gasteiger partial charge in [-0.3, -0.25) is 9.78 Å². The molecule has 0 radical (unpaired) electrons. The lowest BCUT2D eigenvalue weighted by molar-refractivity contribution is 0.0858. The maximum Gasteiger partial charge on any atom is 0.251 e. The van der Waals surface area contributed by atoms with Crippen molar-refractivity contribution in [2.24, 2.45) is 0 Å². The largest absolute Gasteiger partial charge is 0.376 e. The van der Waals surface area contributed by atoms with E-state index in [1.165, 1.54) is 0 Å². The molecule has 22 heavy (non-hydrogen) atoms. The molecule has 4 nitrogen and oxygen atoms in total. The van der Waals surface area contributed by atoms with Crippen LogP contribution in [0.4, 0.5) is 0 Å². The molecule has 0 bridgehead atoms. The minimum Gasteiger partial charge on any atom is -0.376 e. The molecule has 5 heteroatoms. The zero-order chi connectivity index (χ0) is 15.4. The van der Waals surface area contributed by atoms with Gasteiger partial charge in [-0.2, -0.15) is 0 Å². The van der Waals surface area contributed by atoms with Gasteiger partial charge in [0.1, 0.15) is 0 Å². The molecule has 1 saturated heterocycles. The highest BCUT2D eigenvalue weighted by Gasteiger charge is 2.16. The van der Waals surface area contributed by atoms with Gasteiger partial charge in [0.25, 0.3) is 5.91 Å². The number of nitrogens with one attached hydrogen (secondary N) is 1. The first-order valence-electron chi connectivity index (χ1n) is 7.35. The Labute approximate surface area is 134 Å². The van der Waals surface area contributed by atoms with E-state index in [1.807, 2.05) is 12.1 Å². The van der Waals surface area contributed by atoms with E-state index < -0.39 is 0 Å². The second-order valence-corrected chi connectivity index (χ2v) is 5.66. The Morgan fingerprint density at radius 2 is 2.14 bits per heavy atom. The molecule has 1 aliphatic rings. The van der Waals surface area contributed by atoms with Crippen LogP contribution in [0.15, 0.2) is 42.6 Å². The molecule has 0 spiro atoms. The molecule has 3 rings (SSSR count). The summed E-state index contributed by atoms with van der Waals surface area (Å²) in [7, 11) is 0. The van der Waals surface area contributed by atoms with Crippen LogP contribution in [-0.2, 0) is 4.74 Å². The number of carbonyl (C=O) groups excluding carboxylic acids is 1. The van der Waals surface area contributed by atoms with Gasteiger partial charge in [-0.1, -0.05) is 23.7 Å². The number of hydrogen-bond acceptors (Lipinski definition) is 3. The average molecular weight is 317 g/mol. The van der Waals surface area contributed by atoms with E-state index in [0.29, 0.717) is 17.1 Å². The van der Waals surface area contributed by atoms with Crippen molar-refractivity contribution in [3.8, 4) is 11.3 Å². The fourth-order valence-corrected chi connectivity index (χ4v) is 2.72. The van der Waals surface area contributed by atoms with Gasteiger partial charge in [-0.25, -0.2) is 0 Å². The Morgan fingerprint density at radius 1 is 1.32 bits per heavy atom. The van der Waals surface area contributed by atoms with Crippen molar-refractivity contribution in [1.29, 1.82) is 0 Å². The van der Waals surface area contributed by atoms with Crippen molar-refractivity contribution in [3.05, 3.63) is 53.2 Å². The lowest BCUT2D eigenvalue weighted by Gasteiger charge is -2.11. The van der Waals surface area contributed by atoms with E-state index in [9.17, 15) is 4.79 Å². The maximum atomic E-state index is 12.1. The predicted molar refractivity (Wildman–Crippen MR) is 86.0 cm³/mol. The van der Waals surface area contributed by atoms with E-state index >= 15 is 0 Å². The highest BCUT2D eigenvalue weighted by atomic mass is 35.5. The van der Waals surface area contributed by atoms with Crippen LogP contribution in [0.25, 0.3) is 11.3 Å². The normalized spacial score (nSPS) is 17.4. The number of aromatic nitrogens is 1. The minimum atomic E-state index is -0.0887. The summed E-state index contributed by atoms with van der Waals surface area (Å²) in [5, 5.41) is 3.50. The fourth-order valence-electron chi connectivity index (χ4n) is 2.49. The summed E-state index contributed by atoms with van der Waals surface area (Å²) >= 11 is 6.13. The van der Waals surface area contributed by atoms with Gasteiger partial charge >= 0.3 is 0 Å². The van der Waals surface area contributed by atoms with Crippen molar-refractivity contribution in [2.45, 2.75) is 18.9 Å². The molecule has 1 unspecified atom stereocenters. The average Bonchev–Trinajstić information content (AvgIpc) is 3.07. The molecule has 2 heterocycles. The Morgan fingerprint density at radius 3 is 2.82 bits per heavy atom. The van der Waals surface area contributed by atoms with E-state index in [-0.39, 0.29) is 12.0 Å².